The normalized spacial score (nSPS) is 28.8. The molecule has 0 N–H and O–H groups in total. The van der Waals surface area contributed by atoms with Crippen molar-refractivity contribution < 1.29 is 9.53 Å². The Morgan fingerprint density at radius 3 is 2.71 bits per heavy atom. The Morgan fingerprint density at radius 1 is 1.36 bits per heavy atom. The average molecular weight is 197 g/mol. The molecule has 80 valence electrons. The molecule has 1 unspecified atom stereocenters. The molecule has 3 nitrogen and oxygen atoms in total. The van der Waals surface area contributed by atoms with E-state index in [1.807, 2.05) is 0 Å². The molecule has 0 aromatic rings. The first kappa shape index (κ1) is 9.97. The molecule has 0 aromatic heterocycles. The first-order chi connectivity index (χ1) is 6.81. The van der Waals surface area contributed by atoms with Gasteiger partial charge in [-0.25, -0.2) is 0 Å². The highest BCUT2D eigenvalue weighted by Crippen LogP contribution is 2.30. The number of nitrogens with zero attached hydrogens (tertiary/aromatic N) is 1. The number of carbonyl (C=O) groups is 1. The topological polar surface area (TPSA) is 29.5 Å². The van der Waals surface area contributed by atoms with Crippen LogP contribution in [-0.2, 0) is 9.53 Å². The van der Waals surface area contributed by atoms with Crippen LogP contribution in [0.1, 0.15) is 32.1 Å². The zero-order valence-corrected chi connectivity index (χ0v) is 8.87. The van der Waals surface area contributed by atoms with Gasteiger partial charge in [-0.1, -0.05) is 6.42 Å². The number of ether oxygens (including phenoxy) is 1. The van der Waals surface area contributed by atoms with Crippen molar-refractivity contribution >= 4 is 5.97 Å². The van der Waals surface area contributed by atoms with Crippen molar-refractivity contribution in [2.75, 3.05) is 20.2 Å². The summed E-state index contributed by atoms with van der Waals surface area (Å²) in [4.78, 5) is 13.8. The molecule has 1 heterocycles. The van der Waals surface area contributed by atoms with Crippen molar-refractivity contribution in [1.29, 1.82) is 0 Å². The molecule has 2 fully saturated rings. The van der Waals surface area contributed by atoms with Crippen molar-refractivity contribution in [3.63, 3.8) is 0 Å². The molecule has 1 aliphatic heterocycles. The summed E-state index contributed by atoms with van der Waals surface area (Å²) >= 11 is 0. The summed E-state index contributed by atoms with van der Waals surface area (Å²) in [6.45, 7) is 2.19. The molecule has 1 saturated heterocycles. The lowest BCUT2D eigenvalue weighted by Crippen LogP contribution is -2.41. The van der Waals surface area contributed by atoms with Crippen LogP contribution in [-0.4, -0.2) is 37.1 Å². The summed E-state index contributed by atoms with van der Waals surface area (Å²) in [6.07, 6.45) is 6.21. The van der Waals surface area contributed by atoms with E-state index in [1.165, 1.54) is 26.4 Å². The smallest absolute Gasteiger partial charge is 0.323 e. The molecule has 2 aliphatic rings. The number of likely N-dealkylation sites (tertiary alicyclic amines) is 1. The largest absolute Gasteiger partial charge is 0.468 e. The van der Waals surface area contributed by atoms with E-state index >= 15 is 0 Å². The number of methoxy groups -OCH3 is 1. The number of rotatable bonds is 3. The van der Waals surface area contributed by atoms with E-state index in [0.29, 0.717) is 0 Å². The molecule has 14 heavy (non-hydrogen) atoms. The van der Waals surface area contributed by atoms with Crippen molar-refractivity contribution in [3.8, 4) is 0 Å². The SMILES string of the molecule is COC(=O)C1CCCN1CC1CCC1. The number of esters is 1. The summed E-state index contributed by atoms with van der Waals surface area (Å²) in [5.74, 6) is 0.807. The second kappa shape index (κ2) is 4.30. The highest BCUT2D eigenvalue weighted by atomic mass is 16.5. The zero-order chi connectivity index (χ0) is 9.97. The van der Waals surface area contributed by atoms with Gasteiger partial charge in [0, 0.05) is 6.54 Å². The van der Waals surface area contributed by atoms with Gasteiger partial charge in [-0.2, -0.15) is 0 Å². The first-order valence-electron chi connectivity index (χ1n) is 5.63. The molecule has 2 rings (SSSR count). The van der Waals surface area contributed by atoms with Gasteiger partial charge in [0.15, 0.2) is 0 Å². The van der Waals surface area contributed by atoms with Gasteiger partial charge in [-0.15, -0.1) is 0 Å². The molecule has 0 aromatic carbocycles. The Labute approximate surface area is 85.4 Å². The van der Waals surface area contributed by atoms with Gasteiger partial charge in [0.1, 0.15) is 6.04 Å². The molecular formula is C11H19NO2. The van der Waals surface area contributed by atoms with Gasteiger partial charge in [-0.05, 0) is 38.1 Å². The van der Waals surface area contributed by atoms with Crippen LogP contribution in [0.2, 0.25) is 0 Å². The molecule has 1 saturated carbocycles. The van der Waals surface area contributed by atoms with Gasteiger partial charge < -0.3 is 4.74 Å². The minimum absolute atomic E-state index is 0.0400. The van der Waals surface area contributed by atoms with Gasteiger partial charge in [0.05, 0.1) is 7.11 Å². The Bertz CT molecular complexity index is 213. The fourth-order valence-electron chi connectivity index (χ4n) is 2.45. The maximum Gasteiger partial charge on any atom is 0.323 e. The predicted molar refractivity (Wildman–Crippen MR) is 54.0 cm³/mol. The fraction of sp³-hybridized carbons (Fsp3) is 0.909. The zero-order valence-electron chi connectivity index (χ0n) is 8.87. The van der Waals surface area contributed by atoms with Crippen LogP contribution in [0, 0.1) is 5.92 Å². The fourth-order valence-corrected chi connectivity index (χ4v) is 2.45. The Hall–Kier alpha value is -0.570. The molecular weight excluding hydrogens is 178 g/mol. The maximum atomic E-state index is 11.4. The highest BCUT2D eigenvalue weighted by Gasteiger charge is 2.33. The van der Waals surface area contributed by atoms with E-state index in [9.17, 15) is 4.79 Å². The quantitative estimate of drug-likeness (QED) is 0.641. The van der Waals surface area contributed by atoms with E-state index in [1.54, 1.807) is 0 Å². The minimum Gasteiger partial charge on any atom is -0.468 e. The van der Waals surface area contributed by atoms with Gasteiger partial charge in [0.25, 0.3) is 0 Å². The minimum atomic E-state index is -0.0400. The summed E-state index contributed by atoms with van der Waals surface area (Å²) in [7, 11) is 1.49. The molecule has 1 aliphatic carbocycles. The van der Waals surface area contributed by atoms with Crippen molar-refractivity contribution in [2.24, 2.45) is 5.92 Å². The Balaban J connectivity index is 1.85. The highest BCUT2D eigenvalue weighted by molar-refractivity contribution is 5.75. The summed E-state index contributed by atoms with van der Waals surface area (Å²) in [6, 6.07) is 0.0561. The van der Waals surface area contributed by atoms with Crippen LogP contribution in [0.25, 0.3) is 0 Å². The standard InChI is InChI=1S/C11H19NO2/c1-14-11(13)10-6-3-7-12(10)8-9-4-2-5-9/h9-10H,2-8H2,1H3. The van der Waals surface area contributed by atoms with Crippen LogP contribution in [0.15, 0.2) is 0 Å². The van der Waals surface area contributed by atoms with E-state index in [4.69, 9.17) is 4.74 Å². The van der Waals surface area contributed by atoms with E-state index < -0.39 is 0 Å². The van der Waals surface area contributed by atoms with Crippen LogP contribution in [0.3, 0.4) is 0 Å². The Kier molecular flexibility index (Phi) is 3.06. The van der Waals surface area contributed by atoms with Gasteiger partial charge in [0.2, 0.25) is 0 Å². The lowest BCUT2D eigenvalue weighted by molar-refractivity contribution is -0.146. The summed E-state index contributed by atoms with van der Waals surface area (Å²) < 4.78 is 4.82. The monoisotopic (exact) mass is 197 g/mol. The molecule has 0 spiro atoms. The summed E-state index contributed by atoms with van der Waals surface area (Å²) in [5, 5.41) is 0. The molecule has 3 heteroatoms. The third kappa shape index (κ3) is 1.92. The van der Waals surface area contributed by atoms with E-state index in [-0.39, 0.29) is 12.0 Å². The molecule has 1 atom stereocenters. The van der Waals surface area contributed by atoms with Crippen molar-refractivity contribution in [3.05, 3.63) is 0 Å². The van der Waals surface area contributed by atoms with Crippen molar-refractivity contribution in [1.82, 2.24) is 4.90 Å². The number of hydrogen-bond acceptors (Lipinski definition) is 3. The van der Waals surface area contributed by atoms with E-state index in [0.717, 1.165) is 31.8 Å². The van der Waals surface area contributed by atoms with Gasteiger partial charge in [-0.3, -0.25) is 9.69 Å². The molecule has 0 bridgehead atoms. The Morgan fingerprint density at radius 2 is 2.14 bits per heavy atom. The lowest BCUT2D eigenvalue weighted by Gasteiger charge is -2.32. The lowest BCUT2D eigenvalue weighted by atomic mass is 9.85. The maximum absolute atomic E-state index is 11.4. The average Bonchev–Trinajstić information content (AvgIpc) is 2.58. The van der Waals surface area contributed by atoms with Crippen molar-refractivity contribution in [2.45, 2.75) is 38.1 Å². The number of carbonyl (C=O) groups excluding carboxylic acids is 1. The number of hydrogen-bond donors (Lipinski definition) is 0. The van der Waals surface area contributed by atoms with Crippen LogP contribution in [0.4, 0.5) is 0 Å². The summed E-state index contributed by atoms with van der Waals surface area (Å²) in [5.41, 5.74) is 0. The first-order valence-corrected chi connectivity index (χ1v) is 5.63. The second-order valence-corrected chi connectivity index (χ2v) is 4.47. The van der Waals surface area contributed by atoms with Crippen LogP contribution in [0.5, 0.6) is 0 Å². The predicted octanol–water partition coefficient (Wildman–Crippen LogP) is 1.42. The van der Waals surface area contributed by atoms with E-state index in [2.05, 4.69) is 4.90 Å². The third-order valence-electron chi connectivity index (χ3n) is 3.55. The molecule has 0 amide bonds. The van der Waals surface area contributed by atoms with Crippen LogP contribution < -0.4 is 0 Å². The second-order valence-electron chi connectivity index (χ2n) is 4.47. The van der Waals surface area contributed by atoms with Gasteiger partial charge >= 0.3 is 5.97 Å². The molecule has 0 radical (unpaired) electrons. The van der Waals surface area contributed by atoms with Crippen LogP contribution >= 0.6 is 0 Å². The third-order valence-corrected chi connectivity index (χ3v) is 3.55.